The minimum atomic E-state index is -1.81. The van der Waals surface area contributed by atoms with Crippen molar-refractivity contribution in [3.63, 3.8) is 0 Å². The van der Waals surface area contributed by atoms with E-state index in [1.807, 2.05) is 0 Å². The van der Waals surface area contributed by atoms with Crippen molar-refractivity contribution in [1.82, 2.24) is 0 Å². The van der Waals surface area contributed by atoms with Gasteiger partial charge in [-0.1, -0.05) is 50.6 Å². The molecule has 18 heavy (non-hydrogen) atoms. The van der Waals surface area contributed by atoms with Gasteiger partial charge in [-0.3, -0.25) is 0 Å². The minimum Gasteiger partial charge on any atom is -0.449 e. The van der Waals surface area contributed by atoms with Crippen LogP contribution in [0.25, 0.3) is 0 Å². The predicted octanol–water partition coefficient (Wildman–Crippen LogP) is 3.95. The van der Waals surface area contributed by atoms with Gasteiger partial charge in [-0.2, -0.15) is 0 Å². The largest absolute Gasteiger partial charge is 0.516 e. The van der Waals surface area contributed by atoms with Crippen molar-refractivity contribution >= 4 is 12.3 Å². The maximum Gasteiger partial charge on any atom is 0.516 e. The van der Waals surface area contributed by atoms with E-state index in [0.29, 0.717) is 0 Å². The predicted molar refractivity (Wildman–Crippen MR) is 66.9 cm³/mol. The molecular weight excluding hydrogens is 236 g/mol. The first-order chi connectivity index (χ1) is 8.47. The first-order valence-electron chi connectivity index (χ1n) is 5.66. The van der Waals surface area contributed by atoms with E-state index in [-0.39, 0.29) is 0 Å². The lowest BCUT2D eigenvalue weighted by atomic mass is 9.97. The zero-order valence-corrected chi connectivity index (χ0v) is 10.5. The van der Waals surface area contributed by atoms with Gasteiger partial charge in [-0.15, -0.1) is 0 Å². The number of carboxylic acid groups (broad SMARTS) is 2. The average Bonchev–Trinajstić information content (AvgIpc) is 2.29. The maximum absolute atomic E-state index is 9.21. The monoisotopic (exact) mass is 254 g/mol. The van der Waals surface area contributed by atoms with E-state index < -0.39 is 12.3 Å². The van der Waals surface area contributed by atoms with Crippen LogP contribution >= 0.6 is 0 Å². The molecule has 1 aromatic rings. The van der Waals surface area contributed by atoms with Crippen LogP contribution in [0.2, 0.25) is 0 Å². The van der Waals surface area contributed by atoms with Gasteiger partial charge in [-0.25, -0.2) is 9.59 Å². The van der Waals surface area contributed by atoms with E-state index in [1.54, 1.807) is 0 Å². The Kier molecular flexibility index (Phi) is 8.01. The van der Waals surface area contributed by atoms with Gasteiger partial charge >= 0.3 is 12.3 Å². The lowest BCUT2D eigenvalue weighted by Crippen LogP contribution is -2.05. The molecule has 0 aromatic heterocycles. The zero-order chi connectivity index (χ0) is 14.0. The van der Waals surface area contributed by atoms with Gasteiger partial charge < -0.3 is 14.9 Å². The quantitative estimate of drug-likeness (QED) is 0.630. The molecular formula is C13H18O5. The second kappa shape index (κ2) is 9.04. The van der Waals surface area contributed by atoms with E-state index in [0.717, 1.165) is 5.92 Å². The molecule has 5 nitrogen and oxygen atoms in total. The maximum atomic E-state index is 9.21. The fraction of sp³-hybridized carbons (Fsp3) is 0.385. The van der Waals surface area contributed by atoms with Gasteiger partial charge in [0.05, 0.1) is 0 Å². The number of ether oxygens (including phenoxy) is 1. The zero-order valence-electron chi connectivity index (χ0n) is 10.5. The molecule has 0 aliphatic carbocycles. The fourth-order valence-corrected chi connectivity index (χ4v) is 1.46. The van der Waals surface area contributed by atoms with Gasteiger partial charge in [0.25, 0.3) is 0 Å². The summed E-state index contributed by atoms with van der Waals surface area (Å²) in [6.07, 6.45) is -1.06. The summed E-state index contributed by atoms with van der Waals surface area (Å²) in [5.74, 6) is 0.723. The molecule has 1 unspecified atom stereocenters. The third-order valence-corrected chi connectivity index (χ3v) is 2.26. The molecule has 0 saturated carbocycles. The molecule has 0 aliphatic rings. The second-order valence-corrected chi connectivity index (χ2v) is 3.73. The summed E-state index contributed by atoms with van der Waals surface area (Å²) < 4.78 is 3.08. The van der Waals surface area contributed by atoms with E-state index in [4.69, 9.17) is 10.2 Å². The summed E-state index contributed by atoms with van der Waals surface area (Å²) in [6, 6.07) is 10.7. The van der Waals surface area contributed by atoms with Crippen molar-refractivity contribution < 1.29 is 24.5 Å². The molecule has 0 bridgehead atoms. The van der Waals surface area contributed by atoms with E-state index in [1.165, 1.54) is 18.4 Å². The first-order valence-corrected chi connectivity index (χ1v) is 5.66. The fourth-order valence-electron chi connectivity index (χ4n) is 1.46. The van der Waals surface area contributed by atoms with Crippen molar-refractivity contribution in [2.24, 2.45) is 0 Å². The summed E-state index contributed by atoms with van der Waals surface area (Å²) in [5, 5.41) is 15.0. The standard InChI is InChI=1S/C11H16.C2H2O5/c1-3-7-10(2)11-8-5-4-6-9-11;3-1(4)7-2(5)6/h4-6,8-10H,3,7H2,1-2H3;(H,3,4)(H,5,6). The average molecular weight is 254 g/mol. The molecule has 1 aromatic carbocycles. The van der Waals surface area contributed by atoms with Gasteiger partial charge in [-0.05, 0) is 17.9 Å². The highest BCUT2D eigenvalue weighted by Crippen LogP contribution is 2.19. The Bertz CT molecular complexity index is 349. The lowest BCUT2D eigenvalue weighted by Gasteiger charge is -2.08. The molecule has 0 fully saturated rings. The number of hydrogen-bond acceptors (Lipinski definition) is 3. The Labute approximate surface area is 106 Å². The van der Waals surface area contributed by atoms with E-state index >= 15 is 0 Å². The molecule has 1 atom stereocenters. The summed E-state index contributed by atoms with van der Waals surface area (Å²) in [6.45, 7) is 4.53. The lowest BCUT2D eigenvalue weighted by molar-refractivity contribution is 0.0802. The topological polar surface area (TPSA) is 83.8 Å². The van der Waals surface area contributed by atoms with Crippen LogP contribution in [0.15, 0.2) is 30.3 Å². The van der Waals surface area contributed by atoms with Gasteiger partial charge in [0, 0.05) is 0 Å². The van der Waals surface area contributed by atoms with Crippen LogP contribution in [0.5, 0.6) is 0 Å². The van der Waals surface area contributed by atoms with Crippen LogP contribution < -0.4 is 0 Å². The molecule has 5 heteroatoms. The molecule has 0 saturated heterocycles. The highest BCUT2D eigenvalue weighted by molar-refractivity contribution is 5.74. The third kappa shape index (κ3) is 8.15. The number of hydrogen-bond donors (Lipinski definition) is 2. The van der Waals surface area contributed by atoms with Crippen molar-refractivity contribution in [3.05, 3.63) is 35.9 Å². The van der Waals surface area contributed by atoms with E-state index in [9.17, 15) is 9.59 Å². The number of benzene rings is 1. The van der Waals surface area contributed by atoms with Gasteiger partial charge in [0.1, 0.15) is 0 Å². The van der Waals surface area contributed by atoms with Crippen LogP contribution in [0.4, 0.5) is 9.59 Å². The van der Waals surface area contributed by atoms with Crippen LogP contribution in [-0.4, -0.2) is 22.5 Å². The Morgan fingerprint density at radius 1 is 1.17 bits per heavy atom. The van der Waals surface area contributed by atoms with Crippen LogP contribution in [-0.2, 0) is 4.74 Å². The summed E-state index contributed by atoms with van der Waals surface area (Å²) in [5.41, 5.74) is 1.47. The highest BCUT2D eigenvalue weighted by Gasteiger charge is 2.02. The first kappa shape index (κ1) is 16.0. The third-order valence-electron chi connectivity index (χ3n) is 2.26. The number of rotatable bonds is 3. The Morgan fingerprint density at radius 3 is 2.00 bits per heavy atom. The molecule has 0 spiro atoms. The van der Waals surface area contributed by atoms with Gasteiger partial charge in [0.2, 0.25) is 0 Å². The minimum absolute atomic E-state index is 0.723. The Morgan fingerprint density at radius 2 is 1.67 bits per heavy atom. The van der Waals surface area contributed by atoms with Gasteiger partial charge in [0.15, 0.2) is 0 Å². The normalized spacial score (nSPS) is 10.8. The summed E-state index contributed by atoms with van der Waals surface area (Å²) in [7, 11) is 0. The molecule has 1 rings (SSSR count). The van der Waals surface area contributed by atoms with Crippen molar-refractivity contribution in [2.45, 2.75) is 32.6 Å². The molecule has 0 heterocycles. The molecule has 100 valence electrons. The molecule has 0 aliphatic heterocycles. The number of carbonyl (C=O) groups is 2. The van der Waals surface area contributed by atoms with Crippen LogP contribution in [0.1, 0.15) is 38.2 Å². The molecule has 2 N–H and O–H groups in total. The Balaban J connectivity index is 0.000000360. The molecule has 0 radical (unpaired) electrons. The highest BCUT2D eigenvalue weighted by atomic mass is 16.7. The van der Waals surface area contributed by atoms with Crippen LogP contribution in [0.3, 0.4) is 0 Å². The Hall–Kier alpha value is -2.04. The second-order valence-electron chi connectivity index (χ2n) is 3.73. The van der Waals surface area contributed by atoms with Crippen LogP contribution in [0, 0.1) is 0 Å². The van der Waals surface area contributed by atoms with E-state index in [2.05, 4.69) is 48.9 Å². The smallest absolute Gasteiger partial charge is 0.449 e. The molecule has 0 amide bonds. The summed E-state index contributed by atoms with van der Waals surface area (Å²) in [4.78, 5) is 18.4. The van der Waals surface area contributed by atoms with Crippen molar-refractivity contribution in [3.8, 4) is 0 Å². The van der Waals surface area contributed by atoms with Crippen molar-refractivity contribution in [2.75, 3.05) is 0 Å². The van der Waals surface area contributed by atoms with Crippen molar-refractivity contribution in [1.29, 1.82) is 0 Å². The SMILES string of the molecule is CCCC(C)c1ccccc1.O=C(O)OC(=O)O. The summed E-state index contributed by atoms with van der Waals surface area (Å²) >= 11 is 0.